The molecule has 0 aliphatic rings. The van der Waals surface area contributed by atoms with Crippen molar-refractivity contribution in [3.05, 3.63) is 63.7 Å². The number of nitrogens with zero attached hydrogens (tertiary/aromatic N) is 1. The molecular weight excluding hydrogens is 282 g/mol. The number of hydrogen-bond donors (Lipinski definition) is 1. The third-order valence-corrected chi connectivity index (χ3v) is 2.84. The van der Waals surface area contributed by atoms with Gasteiger partial charge in [0.1, 0.15) is 0 Å². The first-order chi connectivity index (χ1) is 9.91. The standard InChI is InChI=1S/C14H12F2N2O3/c1-8(17)9-4-2-5-10(15)13(9)21-14-11(16)6-3-7-12(14)18(19)20/h2-8H,17H2,1H3/t8-/m0/s1. The van der Waals surface area contributed by atoms with Gasteiger partial charge in [-0.15, -0.1) is 0 Å². The fourth-order valence-corrected chi connectivity index (χ4v) is 1.84. The van der Waals surface area contributed by atoms with Crippen LogP contribution in [0.3, 0.4) is 0 Å². The van der Waals surface area contributed by atoms with Crippen molar-refractivity contribution in [2.24, 2.45) is 5.73 Å². The first-order valence-corrected chi connectivity index (χ1v) is 6.06. The van der Waals surface area contributed by atoms with Crippen molar-refractivity contribution in [3.8, 4) is 11.5 Å². The molecule has 0 saturated heterocycles. The van der Waals surface area contributed by atoms with E-state index in [-0.39, 0.29) is 11.3 Å². The molecule has 0 heterocycles. The third kappa shape index (κ3) is 2.97. The second-order valence-corrected chi connectivity index (χ2v) is 4.39. The van der Waals surface area contributed by atoms with Crippen molar-refractivity contribution in [3.63, 3.8) is 0 Å². The number of para-hydroxylation sites is 2. The van der Waals surface area contributed by atoms with Crippen LogP contribution in [0, 0.1) is 21.7 Å². The van der Waals surface area contributed by atoms with Gasteiger partial charge in [-0.2, -0.15) is 0 Å². The highest BCUT2D eigenvalue weighted by Gasteiger charge is 2.23. The summed E-state index contributed by atoms with van der Waals surface area (Å²) in [6.45, 7) is 1.59. The van der Waals surface area contributed by atoms with Crippen LogP contribution in [-0.2, 0) is 0 Å². The summed E-state index contributed by atoms with van der Waals surface area (Å²) in [6, 6.07) is 6.70. The summed E-state index contributed by atoms with van der Waals surface area (Å²) in [5.74, 6) is -2.69. The summed E-state index contributed by atoms with van der Waals surface area (Å²) in [5.41, 5.74) is 5.39. The van der Waals surface area contributed by atoms with Crippen LogP contribution in [0.2, 0.25) is 0 Å². The number of nitro groups is 1. The van der Waals surface area contributed by atoms with Gasteiger partial charge in [0.25, 0.3) is 0 Å². The van der Waals surface area contributed by atoms with Crippen LogP contribution in [0.15, 0.2) is 36.4 Å². The molecule has 0 aromatic heterocycles. The molecule has 0 unspecified atom stereocenters. The summed E-state index contributed by atoms with van der Waals surface area (Å²) >= 11 is 0. The van der Waals surface area contributed by atoms with E-state index >= 15 is 0 Å². The number of nitro benzene ring substituents is 1. The minimum atomic E-state index is -0.955. The molecule has 2 rings (SSSR count). The average Bonchev–Trinajstić information content (AvgIpc) is 2.42. The van der Waals surface area contributed by atoms with Gasteiger partial charge in [0.15, 0.2) is 17.4 Å². The van der Waals surface area contributed by atoms with E-state index in [1.807, 2.05) is 0 Å². The first kappa shape index (κ1) is 14.9. The second-order valence-electron chi connectivity index (χ2n) is 4.39. The number of hydrogen-bond acceptors (Lipinski definition) is 4. The molecule has 0 amide bonds. The van der Waals surface area contributed by atoms with Gasteiger partial charge < -0.3 is 10.5 Å². The molecule has 0 bridgehead atoms. The Morgan fingerprint density at radius 3 is 2.29 bits per heavy atom. The Labute approximate surface area is 119 Å². The van der Waals surface area contributed by atoms with E-state index in [1.54, 1.807) is 6.92 Å². The smallest absolute Gasteiger partial charge is 0.314 e. The average molecular weight is 294 g/mol. The monoisotopic (exact) mass is 294 g/mol. The molecule has 1 atom stereocenters. The third-order valence-electron chi connectivity index (χ3n) is 2.84. The number of halogens is 2. The van der Waals surface area contributed by atoms with Crippen LogP contribution in [0.4, 0.5) is 14.5 Å². The predicted molar refractivity (Wildman–Crippen MR) is 72.1 cm³/mol. The molecular formula is C14H12F2N2O3. The van der Waals surface area contributed by atoms with Crippen LogP contribution in [0.25, 0.3) is 0 Å². The highest BCUT2D eigenvalue weighted by molar-refractivity contribution is 5.50. The number of nitrogens with two attached hydrogens (primary N) is 1. The molecule has 0 saturated carbocycles. The lowest BCUT2D eigenvalue weighted by Gasteiger charge is -2.14. The Morgan fingerprint density at radius 2 is 1.71 bits per heavy atom. The van der Waals surface area contributed by atoms with E-state index in [2.05, 4.69) is 0 Å². The van der Waals surface area contributed by atoms with Crippen LogP contribution in [0.1, 0.15) is 18.5 Å². The Morgan fingerprint density at radius 1 is 1.14 bits per heavy atom. The summed E-state index contributed by atoms with van der Waals surface area (Å²) < 4.78 is 32.8. The lowest BCUT2D eigenvalue weighted by molar-refractivity contribution is -0.385. The number of rotatable bonds is 4. The number of benzene rings is 2. The first-order valence-electron chi connectivity index (χ1n) is 6.06. The highest BCUT2D eigenvalue weighted by Crippen LogP contribution is 2.37. The van der Waals surface area contributed by atoms with E-state index in [0.29, 0.717) is 0 Å². The molecule has 0 aliphatic carbocycles. The molecule has 0 radical (unpaired) electrons. The van der Waals surface area contributed by atoms with Crippen molar-refractivity contribution in [2.45, 2.75) is 13.0 Å². The maximum Gasteiger partial charge on any atom is 0.314 e. The molecule has 2 aromatic carbocycles. The van der Waals surface area contributed by atoms with Gasteiger partial charge in [-0.1, -0.05) is 18.2 Å². The predicted octanol–water partition coefficient (Wildman–Crippen LogP) is 3.69. The minimum absolute atomic E-state index is 0.285. The maximum absolute atomic E-state index is 13.9. The van der Waals surface area contributed by atoms with E-state index < -0.39 is 34.0 Å². The topological polar surface area (TPSA) is 78.4 Å². The Balaban J connectivity index is 2.56. The summed E-state index contributed by atoms with van der Waals surface area (Å²) in [6.07, 6.45) is 0. The maximum atomic E-state index is 13.9. The molecule has 2 N–H and O–H groups in total. The molecule has 0 fully saturated rings. The van der Waals surface area contributed by atoms with Crippen molar-refractivity contribution in [1.82, 2.24) is 0 Å². The van der Waals surface area contributed by atoms with Crippen molar-refractivity contribution < 1.29 is 18.4 Å². The van der Waals surface area contributed by atoms with Gasteiger partial charge in [0, 0.05) is 17.7 Å². The van der Waals surface area contributed by atoms with Crippen LogP contribution < -0.4 is 10.5 Å². The van der Waals surface area contributed by atoms with Gasteiger partial charge >= 0.3 is 5.69 Å². The summed E-state index contributed by atoms with van der Waals surface area (Å²) in [4.78, 5) is 10.1. The molecule has 2 aromatic rings. The largest absolute Gasteiger partial charge is 0.444 e. The molecule has 0 spiro atoms. The van der Waals surface area contributed by atoms with Crippen molar-refractivity contribution >= 4 is 5.69 Å². The SMILES string of the molecule is C[C@H](N)c1cccc(F)c1Oc1c(F)cccc1[N+](=O)[O-]. The Hall–Kier alpha value is -2.54. The van der Waals surface area contributed by atoms with Gasteiger partial charge in [0.05, 0.1) is 4.92 Å². The Kier molecular flexibility index (Phi) is 4.13. The lowest BCUT2D eigenvalue weighted by atomic mass is 10.1. The quantitative estimate of drug-likeness (QED) is 0.689. The van der Waals surface area contributed by atoms with Gasteiger partial charge in [0.2, 0.25) is 5.75 Å². The van der Waals surface area contributed by atoms with Gasteiger partial charge in [-0.05, 0) is 19.1 Å². The van der Waals surface area contributed by atoms with E-state index in [1.165, 1.54) is 18.2 Å². The van der Waals surface area contributed by atoms with Crippen molar-refractivity contribution in [1.29, 1.82) is 0 Å². The van der Waals surface area contributed by atoms with Gasteiger partial charge in [-0.3, -0.25) is 10.1 Å². The summed E-state index contributed by atoms with van der Waals surface area (Å²) in [5, 5.41) is 10.9. The summed E-state index contributed by atoms with van der Waals surface area (Å²) in [7, 11) is 0. The van der Waals surface area contributed by atoms with Gasteiger partial charge in [-0.25, -0.2) is 8.78 Å². The molecule has 5 nitrogen and oxygen atoms in total. The lowest BCUT2D eigenvalue weighted by Crippen LogP contribution is -2.08. The van der Waals surface area contributed by atoms with Crippen molar-refractivity contribution in [2.75, 3.05) is 0 Å². The van der Waals surface area contributed by atoms with E-state index in [4.69, 9.17) is 10.5 Å². The van der Waals surface area contributed by atoms with Crippen LogP contribution in [-0.4, -0.2) is 4.92 Å². The molecule has 110 valence electrons. The van der Waals surface area contributed by atoms with Crippen LogP contribution >= 0.6 is 0 Å². The fourth-order valence-electron chi connectivity index (χ4n) is 1.84. The zero-order chi connectivity index (χ0) is 15.6. The number of ether oxygens (including phenoxy) is 1. The van der Waals surface area contributed by atoms with E-state index in [9.17, 15) is 18.9 Å². The normalized spacial score (nSPS) is 12.0. The minimum Gasteiger partial charge on any atom is -0.444 e. The zero-order valence-corrected chi connectivity index (χ0v) is 11.0. The fraction of sp³-hybridized carbons (Fsp3) is 0.143. The van der Waals surface area contributed by atoms with E-state index in [0.717, 1.165) is 18.2 Å². The van der Waals surface area contributed by atoms with Crippen LogP contribution in [0.5, 0.6) is 11.5 Å². The zero-order valence-electron chi connectivity index (χ0n) is 11.0. The molecule has 0 aliphatic heterocycles. The molecule has 7 heteroatoms. The Bertz CT molecular complexity index is 690. The second kappa shape index (κ2) is 5.84. The molecule has 21 heavy (non-hydrogen) atoms. The highest BCUT2D eigenvalue weighted by atomic mass is 19.1.